The summed E-state index contributed by atoms with van der Waals surface area (Å²) in [6, 6.07) is 6.87. The van der Waals surface area contributed by atoms with Gasteiger partial charge in [0.05, 0.1) is 10.6 Å². The zero-order valence-electron chi connectivity index (χ0n) is 9.77. The highest BCUT2D eigenvalue weighted by Crippen LogP contribution is 2.43. The number of rotatable bonds is 0. The molecule has 1 aromatic carbocycles. The van der Waals surface area contributed by atoms with Gasteiger partial charge in [0.15, 0.2) is 0 Å². The van der Waals surface area contributed by atoms with Gasteiger partial charge in [0.2, 0.25) is 0 Å². The van der Waals surface area contributed by atoms with Crippen LogP contribution in [-0.2, 0) is 6.42 Å². The molecule has 1 aromatic heterocycles. The highest BCUT2D eigenvalue weighted by Gasteiger charge is 2.24. The molecule has 1 aliphatic heterocycles. The second kappa shape index (κ2) is 4.14. The van der Waals surface area contributed by atoms with Crippen LogP contribution in [0.2, 0.25) is 0 Å². The molecule has 0 spiro atoms. The maximum absolute atomic E-state index is 13.7. The lowest BCUT2D eigenvalue weighted by molar-refractivity contribution is 0.596. The molecule has 0 saturated carbocycles. The zero-order chi connectivity index (χ0) is 13.6. The molecule has 0 amide bonds. The molecule has 94 valence electrons. The van der Waals surface area contributed by atoms with Crippen molar-refractivity contribution in [1.29, 1.82) is 5.26 Å². The number of hydrogen-bond acceptors (Lipinski definition) is 5. The van der Waals surface area contributed by atoms with Crippen molar-refractivity contribution in [3.05, 3.63) is 40.7 Å². The fourth-order valence-corrected chi connectivity index (χ4v) is 3.18. The Morgan fingerprint density at radius 1 is 1.37 bits per heavy atom. The van der Waals surface area contributed by atoms with Crippen molar-refractivity contribution in [2.45, 2.75) is 16.3 Å². The number of anilines is 2. The van der Waals surface area contributed by atoms with E-state index in [1.54, 1.807) is 6.07 Å². The number of hydrogen-bond donors (Lipinski definition) is 2. The average molecular weight is 272 g/mol. The summed E-state index contributed by atoms with van der Waals surface area (Å²) in [5.74, 6) is -0.192. The van der Waals surface area contributed by atoms with Gasteiger partial charge >= 0.3 is 0 Å². The van der Waals surface area contributed by atoms with Crippen molar-refractivity contribution < 1.29 is 4.39 Å². The van der Waals surface area contributed by atoms with Crippen molar-refractivity contribution >= 4 is 23.3 Å². The molecule has 0 atom stereocenters. The van der Waals surface area contributed by atoms with Crippen molar-refractivity contribution in [2.24, 2.45) is 0 Å². The van der Waals surface area contributed by atoms with E-state index in [2.05, 4.69) is 4.98 Å². The molecule has 0 saturated heterocycles. The number of nitrogen functional groups attached to an aromatic ring is 2. The third-order valence-electron chi connectivity index (χ3n) is 3.06. The third kappa shape index (κ3) is 1.71. The quantitative estimate of drug-likeness (QED) is 0.655. The second-order valence-corrected chi connectivity index (χ2v) is 5.19. The maximum Gasteiger partial charge on any atom is 0.144 e. The van der Waals surface area contributed by atoms with E-state index in [9.17, 15) is 4.39 Å². The van der Waals surface area contributed by atoms with Crippen LogP contribution >= 0.6 is 11.8 Å². The Morgan fingerprint density at radius 2 is 2.16 bits per heavy atom. The lowest BCUT2D eigenvalue weighted by Gasteiger charge is -2.21. The first-order valence-electron chi connectivity index (χ1n) is 5.55. The number of nitrogens with two attached hydrogens (primary N) is 2. The minimum absolute atomic E-state index is 0.0889. The molecule has 4 nitrogen and oxygen atoms in total. The van der Waals surface area contributed by atoms with Crippen molar-refractivity contribution in [1.82, 2.24) is 4.98 Å². The van der Waals surface area contributed by atoms with Crippen LogP contribution in [0.1, 0.15) is 16.7 Å². The van der Waals surface area contributed by atoms with Gasteiger partial charge < -0.3 is 11.5 Å². The van der Waals surface area contributed by atoms with E-state index >= 15 is 0 Å². The Morgan fingerprint density at radius 3 is 2.89 bits per heavy atom. The van der Waals surface area contributed by atoms with E-state index in [0.29, 0.717) is 22.0 Å². The number of aromatic nitrogens is 1. The van der Waals surface area contributed by atoms with Gasteiger partial charge in [-0.1, -0.05) is 23.9 Å². The largest absolute Gasteiger partial charge is 0.397 e. The summed E-state index contributed by atoms with van der Waals surface area (Å²) >= 11 is 1.20. The number of pyridine rings is 1. The lowest BCUT2D eigenvalue weighted by Crippen LogP contribution is -2.11. The van der Waals surface area contributed by atoms with Gasteiger partial charge in [-0.3, -0.25) is 0 Å². The summed E-state index contributed by atoms with van der Waals surface area (Å²) < 4.78 is 13.7. The van der Waals surface area contributed by atoms with E-state index in [1.807, 2.05) is 12.1 Å². The highest BCUT2D eigenvalue weighted by atomic mass is 32.2. The minimum Gasteiger partial charge on any atom is -0.397 e. The van der Waals surface area contributed by atoms with Gasteiger partial charge in [-0.2, -0.15) is 5.26 Å². The zero-order valence-corrected chi connectivity index (χ0v) is 10.6. The molecule has 4 N–H and O–H groups in total. The minimum atomic E-state index is -0.281. The predicted molar refractivity (Wildman–Crippen MR) is 71.1 cm³/mol. The second-order valence-electron chi connectivity index (χ2n) is 4.19. The van der Waals surface area contributed by atoms with E-state index < -0.39 is 0 Å². The Balaban J connectivity index is 2.21. The van der Waals surface area contributed by atoms with Crippen LogP contribution in [0.15, 0.2) is 28.1 Å². The molecule has 0 aliphatic carbocycles. The van der Waals surface area contributed by atoms with Crippen LogP contribution in [0.5, 0.6) is 0 Å². The fourth-order valence-electron chi connectivity index (χ4n) is 2.10. The van der Waals surface area contributed by atoms with Crippen LogP contribution < -0.4 is 11.5 Å². The standard InChI is InChI=1S/C13H9FN4S/c14-9-3-1-2-6-4-7-10(16)8(5-15)12(17)18-13(7)19-11(6)9/h1-3H,4H2,(H4,16,17,18). The topological polar surface area (TPSA) is 88.7 Å². The fraction of sp³-hybridized carbons (Fsp3) is 0.0769. The molecule has 2 heterocycles. The monoisotopic (exact) mass is 272 g/mol. The van der Waals surface area contributed by atoms with Crippen molar-refractivity contribution in [2.75, 3.05) is 11.5 Å². The van der Waals surface area contributed by atoms with Crippen molar-refractivity contribution in [3.8, 4) is 6.07 Å². The van der Waals surface area contributed by atoms with Crippen LogP contribution in [-0.4, -0.2) is 4.98 Å². The third-order valence-corrected chi connectivity index (χ3v) is 4.25. The van der Waals surface area contributed by atoms with E-state index in [-0.39, 0.29) is 17.2 Å². The summed E-state index contributed by atoms with van der Waals surface area (Å²) in [6.07, 6.45) is 0.462. The number of halogens is 1. The Hall–Kier alpha value is -2.26. The molecule has 0 bridgehead atoms. The number of benzene rings is 1. The van der Waals surface area contributed by atoms with Crippen LogP contribution in [0.3, 0.4) is 0 Å². The first kappa shape index (κ1) is 11.8. The number of nitriles is 1. The van der Waals surface area contributed by atoms with E-state index in [1.165, 1.54) is 17.8 Å². The number of nitrogens with zero attached hydrogens (tertiary/aromatic N) is 2. The smallest absolute Gasteiger partial charge is 0.144 e. The van der Waals surface area contributed by atoms with Crippen molar-refractivity contribution in [3.63, 3.8) is 0 Å². The van der Waals surface area contributed by atoms with Gasteiger partial charge in [-0.25, -0.2) is 9.37 Å². The van der Waals surface area contributed by atoms with Gasteiger partial charge in [-0.05, 0) is 11.6 Å². The van der Waals surface area contributed by atoms with Crippen LogP contribution in [0, 0.1) is 17.1 Å². The van der Waals surface area contributed by atoms with E-state index in [0.717, 1.165) is 11.1 Å². The van der Waals surface area contributed by atoms with Gasteiger partial charge in [0.25, 0.3) is 0 Å². The normalized spacial score (nSPS) is 12.4. The summed E-state index contributed by atoms with van der Waals surface area (Å²) in [6.45, 7) is 0. The summed E-state index contributed by atoms with van der Waals surface area (Å²) in [4.78, 5) is 4.70. The molecule has 19 heavy (non-hydrogen) atoms. The van der Waals surface area contributed by atoms with Gasteiger partial charge in [0, 0.05) is 12.0 Å². The molecular formula is C13H9FN4S. The molecule has 0 unspecified atom stereocenters. The molecular weight excluding hydrogens is 263 g/mol. The lowest BCUT2D eigenvalue weighted by atomic mass is 10.0. The molecule has 0 radical (unpaired) electrons. The van der Waals surface area contributed by atoms with E-state index in [4.69, 9.17) is 16.7 Å². The Bertz CT molecular complexity index is 736. The molecule has 1 aliphatic rings. The van der Waals surface area contributed by atoms with Crippen LogP contribution in [0.25, 0.3) is 0 Å². The first-order chi connectivity index (χ1) is 9.11. The summed E-state index contributed by atoms with van der Waals surface area (Å²) in [7, 11) is 0. The summed E-state index contributed by atoms with van der Waals surface area (Å²) in [5.41, 5.74) is 13.8. The van der Waals surface area contributed by atoms with Gasteiger partial charge in [-0.15, -0.1) is 0 Å². The Kier molecular flexibility index (Phi) is 2.57. The maximum atomic E-state index is 13.7. The highest BCUT2D eigenvalue weighted by molar-refractivity contribution is 7.99. The molecule has 0 fully saturated rings. The molecule has 6 heteroatoms. The number of fused-ring (bicyclic) bond motifs is 2. The Labute approximate surface area is 113 Å². The van der Waals surface area contributed by atoms with Crippen LogP contribution in [0.4, 0.5) is 15.9 Å². The first-order valence-corrected chi connectivity index (χ1v) is 6.36. The van der Waals surface area contributed by atoms with Gasteiger partial charge in [0.1, 0.15) is 28.3 Å². The average Bonchev–Trinajstić information content (AvgIpc) is 2.39. The predicted octanol–water partition coefficient (Wildman–Crippen LogP) is 2.31. The molecule has 3 rings (SSSR count). The SMILES string of the molecule is N#Cc1c(N)nc2c(c1N)Cc1cccc(F)c1S2. The molecule has 2 aromatic rings. The summed E-state index contributed by atoms with van der Waals surface area (Å²) in [5, 5.41) is 9.60.